The molecule has 0 spiro atoms. The Hall–Kier alpha value is -2.96. The third-order valence-corrected chi connectivity index (χ3v) is 3.39. The average molecular weight is 297 g/mol. The molecule has 0 amide bonds. The summed E-state index contributed by atoms with van der Waals surface area (Å²) in [5.41, 5.74) is 2.63. The highest BCUT2D eigenvalue weighted by molar-refractivity contribution is 5.71. The number of hydrogen-bond donors (Lipinski definition) is 1. The van der Waals surface area contributed by atoms with Crippen molar-refractivity contribution in [2.24, 2.45) is 0 Å². The molecule has 7 nitrogen and oxygen atoms in total. The molecule has 1 aromatic carbocycles. The maximum Gasteiger partial charge on any atom is 0.328 e. The molecule has 3 rings (SSSR count). The number of aliphatic carboxylic acids is 1. The molecule has 0 bridgehead atoms. The highest BCUT2D eigenvalue weighted by Crippen LogP contribution is 2.19. The van der Waals surface area contributed by atoms with Gasteiger partial charge >= 0.3 is 5.97 Å². The molecule has 0 saturated carbocycles. The van der Waals surface area contributed by atoms with Crippen molar-refractivity contribution < 1.29 is 9.90 Å². The van der Waals surface area contributed by atoms with E-state index >= 15 is 0 Å². The second kappa shape index (κ2) is 5.80. The van der Waals surface area contributed by atoms with Crippen molar-refractivity contribution >= 4 is 5.97 Å². The molecule has 0 aliphatic rings. The monoisotopic (exact) mass is 297 g/mol. The first-order valence-electron chi connectivity index (χ1n) is 6.85. The maximum atomic E-state index is 11.0. The van der Waals surface area contributed by atoms with E-state index < -0.39 is 12.0 Å². The smallest absolute Gasteiger partial charge is 0.328 e. The number of nitrogens with zero attached hydrogens (tertiary/aromatic N) is 5. The van der Waals surface area contributed by atoms with E-state index in [1.54, 1.807) is 19.3 Å². The fourth-order valence-corrected chi connectivity index (χ4v) is 2.12. The van der Waals surface area contributed by atoms with Crippen LogP contribution in [0, 0.1) is 0 Å². The third kappa shape index (κ3) is 2.88. The lowest BCUT2D eigenvalue weighted by Gasteiger charge is -2.05. The Balaban J connectivity index is 1.84. The van der Waals surface area contributed by atoms with Gasteiger partial charge in [0, 0.05) is 18.0 Å². The van der Waals surface area contributed by atoms with Crippen LogP contribution in [0.25, 0.3) is 11.3 Å². The van der Waals surface area contributed by atoms with Gasteiger partial charge in [-0.2, -0.15) is 5.10 Å². The summed E-state index contributed by atoms with van der Waals surface area (Å²) in [6.45, 7) is 2.23. The zero-order valence-corrected chi connectivity index (χ0v) is 12.0. The standard InChI is InChI=1S/C15H15N5O2/c1-11(15(21)22)20-10-14(17-18-20)13-5-2-4-12(8-13)9-19-7-3-6-16-19/h2-8,10-11H,9H2,1H3,(H,21,22)/t11-/m1/s1. The summed E-state index contributed by atoms with van der Waals surface area (Å²) in [5, 5.41) is 21.1. The van der Waals surface area contributed by atoms with Crippen molar-refractivity contribution in [1.82, 2.24) is 24.8 Å². The predicted octanol–water partition coefficient (Wildman–Crippen LogP) is 1.84. The third-order valence-electron chi connectivity index (χ3n) is 3.39. The second-order valence-corrected chi connectivity index (χ2v) is 5.00. The van der Waals surface area contributed by atoms with Crippen LogP contribution in [-0.2, 0) is 11.3 Å². The Labute approximate surface area is 126 Å². The minimum absolute atomic E-state index is 0.649. The van der Waals surface area contributed by atoms with Gasteiger partial charge in [0.2, 0.25) is 0 Å². The largest absolute Gasteiger partial charge is 0.480 e. The highest BCUT2D eigenvalue weighted by Gasteiger charge is 2.15. The molecule has 0 aliphatic heterocycles. The summed E-state index contributed by atoms with van der Waals surface area (Å²) in [7, 11) is 0. The summed E-state index contributed by atoms with van der Waals surface area (Å²) in [4.78, 5) is 11.0. The molecular formula is C15H15N5O2. The molecule has 1 atom stereocenters. The number of aromatic nitrogens is 5. The van der Waals surface area contributed by atoms with Gasteiger partial charge in [-0.1, -0.05) is 23.4 Å². The molecule has 0 aliphatic carbocycles. The molecule has 1 N–H and O–H groups in total. The van der Waals surface area contributed by atoms with Crippen molar-refractivity contribution in [1.29, 1.82) is 0 Å². The predicted molar refractivity (Wildman–Crippen MR) is 79.1 cm³/mol. The van der Waals surface area contributed by atoms with E-state index in [1.165, 1.54) is 4.68 Å². The lowest BCUT2D eigenvalue weighted by molar-refractivity contribution is -0.140. The number of carboxylic acid groups (broad SMARTS) is 1. The van der Waals surface area contributed by atoms with Gasteiger partial charge in [0.15, 0.2) is 0 Å². The van der Waals surface area contributed by atoms with Gasteiger partial charge in [-0.05, 0) is 24.6 Å². The van der Waals surface area contributed by atoms with Gasteiger partial charge in [0.05, 0.1) is 12.7 Å². The first-order chi connectivity index (χ1) is 10.6. The van der Waals surface area contributed by atoms with Crippen LogP contribution in [0.2, 0.25) is 0 Å². The summed E-state index contributed by atoms with van der Waals surface area (Å²) < 4.78 is 3.18. The van der Waals surface area contributed by atoms with Gasteiger partial charge in [-0.15, -0.1) is 5.10 Å². The lowest BCUT2D eigenvalue weighted by Crippen LogP contribution is -2.15. The molecule has 0 unspecified atom stereocenters. The van der Waals surface area contributed by atoms with Gasteiger partial charge in [0.25, 0.3) is 0 Å². The normalized spacial score (nSPS) is 12.2. The van der Waals surface area contributed by atoms with Crippen LogP contribution < -0.4 is 0 Å². The second-order valence-electron chi connectivity index (χ2n) is 5.00. The zero-order valence-electron chi connectivity index (χ0n) is 12.0. The van der Waals surface area contributed by atoms with Crippen LogP contribution in [0.5, 0.6) is 0 Å². The molecule has 2 heterocycles. The van der Waals surface area contributed by atoms with Crippen molar-refractivity contribution in [2.75, 3.05) is 0 Å². The summed E-state index contributed by atoms with van der Waals surface area (Å²) in [6.07, 6.45) is 5.28. The Morgan fingerprint density at radius 2 is 2.23 bits per heavy atom. The Bertz CT molecular complexity index is 779. The number of rotatable bonds is 5. The fraction of sp³-hybridized carbons (Fsp3) is 0.200. The molecular weight excluding hydrogens is 282 g/mol. The number of hydrogen-bond acceptors (Lipinski definition) is 4. The molecule has 112 valence electrons. The van der Waals surface area contributed by atoms with Crippen molar-refractivity contribution in [3.05, 3.63) is 54.5 Å². The molecule has 0 radical (unpaired) electrons. The lowest BCUT2D eigenvalue weighted by atomic mass is 10.1. The molecule has 7 heteroatoms. The van der Waals surface area contributed by atoms with Crippen LogP contribution in [-0.4, -0.2) is 35.9 Å². The van der Waals surface area contributed by atoms with Crippen LogP contribution in [0.15, 0.2) is 48.9 Å². The summed E-state index contributed by atoms with van der Waals surface area (Å²) >= 11 is 0. The van der Waals surface area contributed by atoms with Crippen molar-refractivity contribution in [3.63, 3.8) is 0 Å². The Kier molecular flexibility index (Phi) is 3.69. The van der Waals surface area contributed by atoms with E-state index in [0.29, 0.717) is 12.2 Å². The van der Waals surface area contributed by atoms with E-state index in [0.717, 1.165) is 11.1 Å². The first-order valence-corrected chi connectivity index (χ1v) is 6.85. The molecule has 0 saturated heterocycles. The summed E-state index contributed by atoms with van der Waals surface area (Å²) in [5.74, 6) is -0.941. The molecule has 0 fully saturated rings. The topological polar surface area (TPSA) is 85.8 Å². The van der Waals surface area contributed by atoms with E-state index in [4.69, 9.17) is 5.11 Å². The Morgan fingerprint density at radius 1 is 1.36 bits per heavy atom. The fourth-order valence-electron chi connectivity index (χ4n) is 2.12. The van der Waals surface area contributed by atoms with Crippen molar-refractivity contribution in [3.8, 4) is 11.3 Å². The Morgan fingerprint density at radius 3 is 2.95 bits per heavy atom. The number of benzene rings is 1. The van der Waals surface area contributed by atoms with Gasteiger partial charge < -0.3 is 5.11 Å². The highest BCUT2D eigenvalue weighted by atomic mass is 16.4. The van der Waals surface area contributed by atoms with Crippen LogP contribution >= 0.6 is 0 Å². The minimum Gasteiger partial charge on any atom is -0.480 e. The van der Waals surface area contributed by atoms with E-state index in [-0.39, 0.29) is 0 Å². The molecule has 3 aromatic rings. The molecule has 2 aromatic heterocycles. The first kappa shape index (κ1) is 14.0. The average Bonchev–Trinajstić information content (AvgIpc) is 3.18. The van der Waals surface area contributed by atoms with E-state index in [2.05, 4.69) is 15.4 Å². The SMILES string of the molecule is C[C@H](C(=O)O)n1cc(-c2cccc(Cn3cccn3)c2)nn1. The van der Waals surface area contributed by atoms with Crippen LogP contribution in [0.1, 0.15) is 18.5 Å². The number of carboxylic acids is 1. The van der Waals surface area contributed by atoms with Crippen LogP contribution in [0.3, 0.4) is 0 Å². The maximum absolute atomic E-state index is 11.0. The van der Waals surface area contributed by atoms with Gasteiger partial charge in [0.1, 0.15) is 11.7 Å². The minimum atomic E-state index is -0.941. The van der Waals surface area contributed by atoms with E-state index in [9.17, 15) is 4.79 Å². The van der Waals surface area contributed by atoms with Gasteiger partial charge in [-0.3, -0.25) is 4.68 Å². The van der Waals surface area contributed by atoms with Gasteiger partial charge in [-0.25, -0.2) is 9.48 Å². The zero-order chi connectivity index (χ0) is 15.5. The van der Waals surface area contributed by atoms with E-state index in [1.807, 2.05) is 41.2 Å². The molecule has 22 heavy (non-hydrogen) atoms. The number of carbonyl (C=O) groups is 1. The van der Waals surface area contributed by atoms with Crippen molar-refractivity contribution in [2.45, 2.75) is 19.5 Å². The quantitative estimate of drug-likeness (QED) is 0.776. The summed E-state index contributed by atoms with van der Waals surface area (Å²) in [6, 6.07) is 9.01. The van der Waals surface area contributed by atoms with Crippen LogP contribution in [0.4, 0.5) is 0 Å².